The smallest absolute Gasteiger partial charge is 0.224 e. The first kappa shape index (κ1) is 20.7. The summed E-state index contributed by atoms with van der Waals surface area (Å²) in [6, 6.07) is 24.0. The van der Waals surface area contributed by atoms with Crippen LogP contribution in [0.5, 0.6) is 5.75 Å². The molecule has 1 aromatic heterocycles. The van der Waals surface area contributed by atoms with Crippen molar-refractivity contribution in [2.45, 2.75) is 25.7 Å². The lowest BCUT2D eigenvalue weighted by Crippen LogP contribution is -2.14. The molecule has 1 amide bonds. The monoisotopic (exact) mass is 413 g/mol. The van der Waals surface area contributed by atoms with Crippen LogP contribution in [-0.4, -0.2) is 22.6 Å². The molecule has 5 nitrogen and oxygen atoms in total. The number of rotatable bonds is 8. The SMILES string of the molecule is COc1ccc(CCC(=O)Nc2ccccc2CCc2nc3ccccc3n2C)cc1. The highest BCUT2D eigenvalue weighted by Gasteiger charge is 2.11. The second-order valence-electron chi connectivity index (χ2n) is 7.63. The number of aromatic nitrogens is 2. The first-order valence-electron chi connectivity index (χ1n) is 10.5. The molecule has 0 saturated carbocycles. The number of methoxy groups -OCH3 is 1. The molecule has 0 fully saturated rings. The molecule has 0 spiro atoms. The molecule has 0 atom stereocenters. The van der Waals surface area contributed by atoms with E-state index in [1.165, 1.54) is 0 Å². The molecule has 1 N–H and O–H groups in total. The number of hydrogen-bond acceptors (Lipinski definition) is 3. The molecule has 5 heteroatoms. The Bertz CT molecular complexity index is 1180. The summed E-state index contributed by atoms with van der Waals surface area (Å²) in [5.41, 5.74) is 5.26. The zero-order valence-electron chi connectivity index (χ0n) is 18.0. The fourth-order valence-electron chi connectivity index (χ4n) is 3.79. The highest BCUT2D eigenvalue weighted by Crippen LogP contribution is 2.20. The van der Waals surface area contributed by atoms with Gasteiger partial charge in [0, 0.05) is 25.6 Å². The minimum atomic E-state index is 0.0194. The standard InChI is InChI=1S/C26H27N3O2/c1-29-24-10-6-5-9-23(24)27-25(29)17-14-20-7-3-4-8-22(20)28-26(30)18-13-19-11-15-21(31-2)16-12-19/h3-12,15-16H,13-14,17-18H2,1-2H3,(H,28,30). The van der Waals surface area contributed by atoms with Crippen LogP contribution in [0.1, 0.15) is 23.4 Å². The van der Waals surface area contributed by atoms with Gasteiger partial charge in [-0.2, -0.15) is 0 Å². The van der Waals surface area contributed by atoms with Crippen LogP contribution in [0.25, 0.3) is 11.0 Å². The third-order valence-corrected chi connectivity index (χ3v) is 5.59. The van der Waals surface area contributed by atoms with Crippen molar-refractivity contribution in [3.63, 3.8) is 0 Å². The van der Waals surface area contributed by atoms with E-state index in [9.17, 15) is 4.79 Å². The summed E-state index contributed by atoms with van der Waals surface area (Å²) < 4.78 is 7.33. The summed E-state index contributed by atoms with van der Waals surface area (Å²) in [6.45, 7) is 0. The van der Waals surface area contributed by atoms with Gasteiger partial charge in [0.25, 0.3) is 0 Å². The molecule has 158 valence electrons. The number of fused-ring (bicyclic) bond motifs is 1. The molecule has 1 heterocycles. The van der Waals surface area contributed by atoms with Crippen LogP contribution < -0.4 is 10.1 Å². The largest absolute Gasteiger partial charge is 0.497 e. The van der Waals surface area contributed by atoms with Crippen molar-refractivity contribution in [3.05, 3.63) is 89.7 Å². The van der Waals surface area contributed by atoms with E-state index in [0.29, 0.717) is 12.8 Å². The number of para-hydroxylation sites is 3. The number of ether oxygens (including phenoxy) is 1. The van der Waals surface area contributed by atoms with Gasteiger partial charge in [-0.25, -0.2) is 4.98 Å². The molecule has 0 radical (unpaired) electrons. The molecule has 3 aromatic carbocycles. The van der Waals surface area contributed by atoms with E-state index in [-0.39, 0.29) is 5.91 Å². The molecule has 0 aliphatic rings. The number of benzene rings is 3. The number of anilines is 1. The number of amides is 1. The number of aryl methyl sites for hydroxylation is 4. The van der Waals surface area contributed by atoms with Gasteiger partial charge in [0.15, 0.2) is 0 Å². The van der Waals surface area contributed by atoms with Crippen LogP contribution in [0, 0.1) is 0 Å². The predicted octanol–water partition coefficient (Wildman–Crippen LogP) is 4.94. The highest BCUT2D eigenvalue weighted by molar-refractivity contribution is 5.91. The third-order valence-electron chi connectivity index (χ3n) is 5.59. The number of carbonyl (C=O) groups is 1. The average molecular weight is 414 g/mol. The zero-order chi connectivity index (χ0) is 21.6. The summed E-state index contributed by atoms with van der Waals surface area (Å²) in [5, 5.41) is 3.09. The first-order valence-corrected chi connectivity index (χ1v) is 10.5. The molecule has 0 bridgehead atoms. The molecular weight excluding hydrogens is 386 g/mol. The van der Waals surface area contributed by atoms with E-state index in [2.05, 4.69) is 29.1 Å². The van der Waals surface area contributed by atoms with E-state index in [1.54, 1.807) is 7.11 Å². The van der Waals surface area contributed by atoms with E-state index < -0.39 is 0 Å². The van der Waals surface area contributed by atoms with Crippen LogP contribution in [0.15, 0.2) is 72.8 Å². The molecule has 31 heavy (non-hydrogen) atoms. The normalized spacial score (nSPS) is 10.9. The molecule has 0 aliphatic heterocycles. The minimum Gasteiger partial charge on any atom is -0.497 e. The van der Waals surface area contributed by atoms with Gasteiger partial charge >= 0.3 is 0 Å². The van der Waals surface area contributed by atoms with Crippen molar-refractivity contribution < 1.29 is 9.53 Å². The Morgan fingerprint density at radius 3 is 2.45 bits per heavy atom. The van der Waals surface area contributed by atoms with Crippen molar-refractivity contribution >= 4 is 22.6 Å². The molecule has 0 unspecified atom stereocenters. The lowest BCUT2D eigenvalue weighted by atomic mass is 10.1. The number of imidazole rings is 1. The lowest BCUT2D eigenvalue weighted by molar-refractivity contribution is -0.116. The van der Waals surface area contributed by atoms with Gasteiger partial charge in [-0.1, -0.05) is 42.5 Å². The van der Waals surface area contributed by atoms with Crippen LogP contribution >= 0.6 is 0 Å². The van der Waals surface area contributed by atoms with Gasteiger partial charge < -0.3 is 14.6 Å². The lowest BCUT2D eigenvalue weighted by Gasteiger charge is -2.11. The Balaban J connectivity index is 1.38. The van der Waals surface area contributed by atoms with Crippen LogP contribution in [-0.2, 0) is 31.1 Å². The molecular formula is C26H27N3O2. The molecule has 4 aromatic rings. The summed E-state index contributed by atoms with van der Waals surface area (Å²) >= 11 is 0. The van der Waals surface area contributed by atoms with Crippen molar-refractivity contribution in [2.75, 3.05) is 12.4 Å². The highest BCUT2D eigenvalue weighted by atomic mass is 16.5. The fourth-order valence-corrected chi connectivity index (χ4v) is 3.79. The third kappa shape index (κ3) is 4.94. The minimum absolute atomic E-state index is 0.0194. The van der Waals surface area contributed by atoms with Crippen molar-refractivity contribution in [1.82, 2.24) is 9.55 Å². The predicted molar refractivity (Wildman–Crippen MR) is 125 cm³/mol. The van der Waals surface area contributed by atoms with Gasteiger partial charge in [0.05, 0.1) is 18.1 Å². The van der Waals surface area contributed by atoms with Crippen LogP contribution in [0.2, 0.25) is 0 Å². The number of nitrogens with zero attached hydrogens (tertiary/aromatic N) is 2. The van der Waals surface area contributed by atoms with Gasteiger partial charge in [0.2, 0.25) is 5.91 Å². The van der Waals surface area contributed by atoms with Crippen molar-refractivity contribution in [3.8, 4) is 5.75 Å². The first-order chi connectivity index (χ1) is 15.1. The van der Waals surface area contributed by atoms with Gasteiger partial charge in [-0.15, -0.1) is 0 Å². The average Bonchev–Trinajstić information content (AvgIpc) is 3.13. The van der Waals surface area contributed by atoms with E-state index in [4.69, 9.17) is 9.72 Å². The number of carbonyl (C=O) groups excluding carboxylic acids is 1. The molecule has 4 rings (SSSR count). The van der Waals surface area contributed by atoms with Crippen LogP contribution in [0.4, 0.5) is 5.69 Å². The Morgan fingerprint density at radius 2 is 1.68 bits per heavy atom. The fraction of sp³-hybridized carbons (Fsp3) is 0.231. The molecule has 0 saturated heterocycles. The van der Waals surface area contributed by atoms with Gasteiger partial charge in [-0.3, -0.25) is 4.79 Å². The summed E-state index contributed by atoms with van der Waals surface area (Å²) in [6.07, 6.45) is 2.75. The maximum absolute atomic E-state index is 12.6. The molecule has 0 aliphatic carbocycles. The second-order valence-corrected chi connectivity index (χ2v) is 7.63. The Kier molecular flexibility index (Phi) is 6.32. The van der Waals surface area contributed by atoms with Gasteiger partial charge in [-0.05, 0) is 54.3 Å². The Morgan fingerprint density at radius 1 is 0.935 bits per heavy atom. The topological polar surface area (TPSA) is 56.1 Å². The van der Waals surface area contributed by atoms with E-state index >= 15 is 0 Å². The summed E-state index contributed by atoms with van der Waals surface area (Å²) in [5.74, 6) is 1.88. The summed E-state index contributed by atoms with van der Waals surface area (Å²) in [4.78, 5) is 17.3. The van der Waals surface area contributed by atoms with Crippen LogP contribution in [0.3, 0.4) is 0 Å². The Labute approximate surface area is 182 Å². The second kappa shape index (κ2) is 9.47. The quantitative estimate of drug-likeness (QED) is 0.445. The number of nitrogens with one attached hydrogen (secondary N) is 1. The zero-order valence-corrected chi connectivity index (χ0v) is 18.0. The van der Waals surface area contributed by atoms with E-state index in [1.807, 2.05) is 60.7 Å². The maximum atomic E-state index is 12.6. The van der Waals surface area contributed by atoms with Crippen molar-refractivity contribution in [2.24, 2.45) is 7.05 Å². The maximum Gasteiger partial charge on any atom is 0.224 e. The van der Waals surface area contributed by atoms with E-state index in [0.717, 1.165) is 52.3 Å². The number of hydrogen-bond donors (Lipinski definition) is 1. The van der Waals surface area contributed by atoms with Gasteiger partial charge in [0.1, 0.15) is 11.6 Å². The summed E-state index contributed by atoms with van der Waals surface area (Å²) in [7, 11) is 3.70. The Hall–Kier alpha value is -3.60. The van der Waals surface area contributed by atoms with Crippen molar-refractivity contribution in [1.29, 1.82) is 0 Å².